The average molecular weight is 281 g/mol. The summed E-state index contributed by atoms with van der Waals surface area (Å²) in [5.41, 5.74) is -0.547. The van der Waals surface area contributed by atoms with E-state index < -0.39 is 21.6 Å². The Hall–Kier alpha value is -0.890. The van der Waals surface area contributed by atoms with E-state index in [2.05, 4.69) is 9.71 Å². The number of sulfonamides is 1. The van der Waals surface area contributed by atoms with Crippen LogP contribution in [0, 0.1) is 0 Å². The quantitative estimate of drug-likeness (QED) is 0.711. The van der Waals surface area contributed by atoms with Gasteiger partial charge in [-0.3, -0.25) is 4.79 Å². The normalized spacial score (nSPS) is 13.6. The number of hydrogen-bond acceptors (Lipinski definition) is 4. The number of aromatic nitrogens is 1. The highest BCUT2D eigenvalue weighted by Gasteiger charge is 2.18. The molecule has 0 bridgehead atoms. The molecule has 1 aromatic heterocycles. The maximum absolute atomic E-state index is 11.8. The fourth-order valence-electron chi connectivity index (χ4n) is 1.18. The van der Waals surface area contributed by atoms with Gasteiger partial charge in [0.25, 0.3) is 5.56 Å². The molecule has 0 amide bonds. The Morgan fingerprint density at radius 2 is 2.24 bits per heavy atom. The molecule has 0 spiro atoms. The van der Waals surface area contributed by atoms with E-state index in [0.29, 0.717) is 6.42 Å². The lowest BCUT2D eigenvalue weighted by Gasteiger charge is -2.12. The van der Waals surface area contributed by atoms with Crippen molar-refractivity contribution in [3.05, 3.63) is 27.6 Å². The second-order valence-corrected chi connectivity index (χ2v) is 5.67. The second-order valence-electron chi connectivity index (χ2n) is 3.55. The van der Waals surface area contributed by atoms with Crippen molar-refractivity contribution in [1.82, 2.24) is 9.71 Å². The molecule has 0 radical (unpaired) electrons. The molecule has 0 fully saturated rings. The highest BCUT2D eigenvalue weighted by molar-refractivity contribution is 7.89. The summed E-state index contributed by atoms with van der Waals surface area (Å²) in [6, 6.07) is 0.671. The number of pyridine rings is 1. The van der Waals surface area contributed by atoms with Crippen molar-refractivity contribution < 1.29 is 13.5 Å². The summed E-state index contributed by atoms with van der Waals surface area (Å²) in [6.07, 6.45) is 1.37. The molecule has 8 heteroatoms. The third-order valence-electron chi connectivity index (χ3n) is 2.06. The van der Waals surface area contributed by atoms with Gasteiger partial charge in [-0.1, -0.05) is 11.6 Å². The fraction of sp³-hybridized carbons (Fsp3) is 0.444. The maximum atomic E-state index is 11.8. The minimum Gasteiger partial charge on any atom is -0.396 e. The van der Waals surface area contributed by atoms with Gasteiger partial charge in [-0.15, -0.1) is 0 Å². The molecule has 1 unspecified atom stereocenters. The van der Waals surface area contributed by atoms with Crippen LogP contribution in [0.2, 0.25) is 5.02 Å². The lowest BCUT2D eigenvalue weighted by Crippen LogP contribution is -2.33. The van der Waals surface area contributed by atoms with Crippen LogP contribution in [0.15, 0.2) is 22.0 Å². The number of rotatable bonds is 5. The van der Waals surface area contributed by atoms with Crippen LogP contribution in [0.1, 0.15) is 13.3 Å². The fourth-order valence-corrected chi connectivity index (χ4v) is 2.69. The molecule has 17 heavy (non-hydrogen) atoms. The molecule has 3 N–H and O–H groups in total. The van der Waals surface area contributed by atoms with Gasteiger partial charge in [0.1, 0.15) is 5.02 Å². The van der Waals surface area contributed by atoms with E-state index in [1.807, 2.05) is 0 Å². The van der Waals surface area contributed by atoms with Crippen LogP contribution in [0.25, 0.3) is 0 Å². The SMILES string of the molecule is CC(CCO)NS(=O)(=O)c1c[nH]c(=O)c(Cl)c1. The molecule has 0 saturated carbocycles. The summed E-state index contributed by atoms with van der Waals surface area (Å²) in [5.74, 6) is 0. The zero-order chi connectivity index (χ0) is 13.1. The van der Waals surface area contributed by atoms with Gasteiger partial charge in [-0.25, -0.2) is 13.1 Å². The van der Waals surface area contributed by atoms with E-state index in [4.69, 9.17) is 16.7 Å². The van der Waals surface area contributed by atoms with Crippen molar-refractivity contribution in [3.8, 4) is 0 Å². The van der Waals surface area contributed by atoms with Gasteiger partial charge in [0.05, 0.1) is 4.90 Å². The number of aromatic amines is 1. The Kier molecular flexibility index (Phi) is 4.70. The van der Waals surface area contributed by atoms with Crippen molar-refractivity contribution in [2.75, 3.05) is 6.61 Å². The van der Waals surface area contributed by atoms with Crippen LogP contribution >= 0.6 is 11.6 Å². The van der Waals surface area contributed by atoms with E-state index in [1.165, 1.54) is 0 Å². The number of nitrogens with one attached hydrogen (secondary N) is 2. The minimum absolute atomic E-state index is 0.115. The lowest BCUT2D eigenvalue weighted by atomic mass is 10.3. The van der Waals surface area contributed by atoms with Gasteiger partial charge in [-0.2, -0.15) is 0 Å². The molecule has 0 aromatic carbocycles. The monoisotopic (exact) mass is 280 g/mol. The van der Waals surface area contributed by atoms with E-state index >= 15 is 0 Å². The summed E-state index contributed by atoms with van der Waals surface area (Å²) >= 11 is 5.54. The first-order valence-electron chi connectivity index (χ1n) is 4.88. The number of hydrogen-bond donors (Lipinski definition) is 3. The van der Waals surface area contributed by atoms with Crippen LogP contribution in [0.3, 0.4) is 0 Å². The molecule has 1 heterocycles. The molecule has 6 nitrogen and oxygen atoms in total. The molecule has 0 aliphatic rings. The van der Waals surface area contributed by atoms with E-state index in [1.54, 1.807) is 6.92 Å². The molecule has 0 aliphatic carbocycles. The first-order chi connectivity index (χ1) is 7.86. The third kappa shape index (κ3) is 3.81. The molecule has 1 atom stereocenters. The van der Waals surface area contributed by atoms with Gasteiger partial charge in [0, 0.05) is 18.8 Å². The zero-order valence-electron chi connectivity index (χ0n) is 9.10. The number of aliphatic hydroxyl groups excluding tert-OH is 1. The van der Waals surface area contributed by atoms with Crippen molar-refractivity contribution in [2.24, 2.45) is 0 Å². The predicted molar refractivity (Wildman–Crippen MR) is 63.6 cm³/mol. The Balaban J connectivity index is 2.97. The van der Waals surface area contributed by atoms with Gasteiger partial charge in [0.2, 0.25) is 10.0 Å². The minimum atomic E-state index is -3.74. The largest absolute Gasteiger partial charge is 0.396 e. The maximum Gasteiger partial charge on any atom is 0.266 e. The predicted octanol–water partition coefficient (Wildman–Crippen LogP) is 0.0775. The van der Waals surface area contributed by atoms with Crippen LogP contribution in [0.4, 0.5) is 0 Å². The van der Waals surface area contributed by atoms with Crippen LogP contribution in [-0.2, 0) is 10.0 Å². The molecular weight excluding hydrogens is 268 g/mol. The Morgan fingerprint density at radius 1 is 1.59 bits per heavy atom. The summed E-state index contributed by atoms with van der Waals surface area (Å²) in [6.45, 7) is 1.51. The molecular formula is C9H13ClN2O4S. The van der Waals surface area contributed by atoms with Gasteiger partial charge in [0.15, 0.2) is 0 Å². The Bertz CT molecular complexity index is 540. The summed E-state index contributed by atoms with van der Waals surface area (Å²) in [4.78, 5) is 13.1. The highest BCUT2D eigenvalue weighted by atomic mass is 35.5. The van der Waals surface area contributed by atoms with Crippen molar-refractivity contribution >= 4 is 21.6 Å². The topological polar surface area (TPSA) is 99.3 Å². The first-order valence-corrected chi connectivity index (χ1v) is 6.74. The van der Waals surface area contributed by atoms with Crippen molar-refractivity contribution in [2.45, 2.75) is 24.3 Å². The molecule has 1 rings (SSSR count). The Labute approximate surface area is 104 Å². The first kappa shape index (κ1) is 14.2. The standard InChI is InChI=1S/C9H13ClN2O4S/c1-6(2-3-13)12-17(15,16)7-4-8(10)9(14)11-5-7/h4-6,12-13H,2-3H2,1H3,(H,11,14). The van der Waals surface area contributed by atoms with Crippen molar-refractivity contribution in [3.63, 3.8) is 0 Å². The van der Waals surface area contributed by atoms with Crippen LogP contribution < -0.4 is 10.3 Å². The second kappa shape index (κ2) is 5.63. The molecule has 0 aliphatic heterocycles. The molecule has 0 saturated heterocycles. The van der Waals surface area contributed by atoms with Crippen LogP contribution in [0.5, 0.6) is 0 Å². The van der Waals surface area contributed by atoms with Crippen molar-refractivity contribution in [1.29, 1.82) is 0 Å². The van der Waals surface area contributed by atoms with Crippen LogP contribution in [-0.4, -0.2) is 31.2 Å². The average Bonchev–Trinajstić information content (AvgIpc) is 2.21. The Morgan fingerprint density at radius 3 is 2.76 bits per heavy atom. The number of aliphatic hydroxyl groups is 1. The van der Waals surface area contributed by atoms with E-state index in [0.717, 1.165) is 12.3 Å². The zero-order valence-corrected chi connectivity index (χ0v) is 10.7. The third-order valence-corrected chi connectivity index (χ3v) is 3.91. The summed E-state index contributed by atoms with van der Waals surface area (Å²) in [7, 11) is -3.74. The number of H-pyrrole nitrogens is 1. The summed E-state index contributed by atoms with van der Waals surface area (Å²) < 4.78 is 26.0. The summed E-state index contributed by atoms with van der Waals surface area (Å²) in [5, 5.41) is 8.49. The van der Waals surface area contributed by atoms with E-state index in [-0.39, 0.29) is 16.5 Å². The molecule has 96 valence electrons. The smallest absolute Gasteiger partial charge is 0.266 e. The van der Waals surface area contributed by atoms with Gasteiger partial charge < -0.3 is 10.1 Å². The van der Waals surface area contributed by atoms with Gasteiger partial charge >= 0.3 is 0 Å². The highest BCUT2D eigenvalue weighted by Crippen LogP contribution is 2.11. The lowest BCUT2D eigenvalue weighted by molar-refractivity contribution is 0.275. The molecule has 1 aromatic rings. The van der Waals surface area contributed by atoms with Gasteiger partial charge in [-0.05, 0) is 19.4 Å². The van der Waals surface area contributed by atoms with E-state index in [9.17, 15) is 13.2 Å². The number of halogens is 1.